The molecule has 0 radical (unpaired) electrons. The molecule has 1 aliphatic rings. The van der Waals surface area contributed by atoms with E-state index in [1.54, 1.807) is 6.08 Å². The van der Waals surface area contributed by atoms with Gasteiger partial charge in [0, 0.05) is 10.4 Å². The van der Waals surface area contributed by atoms with Gasteiger partial charge in [-0.1, -0.05) is 28.1 Å². The van der Waals surface area contributed by atoms with Crippen molar-refractivity contribution in [1.29, 1.82) is 0 Å². The summed E-state index contributed by atoms with van der Waals surface area (Å²) in [5.74, 6) is 0.396. The molecule has 78 valence electrons. The van der Waals surface area contributed by atoms with Crippen molar-refractivity contribution in [3.8, 4) is 0 Å². The van der Waals surface area contributed by atoms with E-state index in [-0.39, 0.29) is 0 Å². The van der Waals surface area contributed by atoms with Gasteiger partial charge in [-0.2, -0.15) is 0 Å². The first-order valence-corrected chi connectivity index (χ1v) is 5.93. The summed E-state index contributed by atoms with van der Waals surface area (Å²) in [6.07, 6.45) is 5.04. The van der Waals surface area contributed by atoms with Crippen LogP contribution in [0.1, 0.15) is 29.9 Å². The lowest BCUT2D eigenvalue weighted by Crippen LogP contribution is -2.12. The Balaban J connectivity index is 2.33. The molecule has 15 heavy (non-hydrogen) atoms. The van der Waals surface area contributed by atoms with Gasteiger partial charge in [-0.05, 0) is 36.5 Å². The van der Waals surface area contributed by atoms with Gasteiger partial charge in [-0.25, -0.2) is 9.79 Å². The van der Waals surface area contributed by atoms with E-state index in [9.17, 15) is 4.79 Å². The van der Waals surface area contributed by atoms with Gasteiger partial charge in [0.1, 0.15) is 0 Å². The van der Waals surface area contributed by atoms with Crippen LogP contribution in [0.15, 0.2) is 27.7 Å². The number of nitrogens with zero attached hydrogens (tertiary/aromatic N) is 1. The normalized spacial score (nSPS) is 19.1. The standard InChI is InChI=1S/C12H12BrNO/c13-12-6-2-4-10-9(7-14-8-15)3-1-5-11(10)12/h2,4,6,9H,1,3,5,7H2. The van der Waals surface area contributed by atoms with Gasteiger partial charge in [-0.3, -0.25) is 0 Å². The molecule has 0 N–H and O–H groups in total. The van der Waals surface area contributed by atoms with Gasteiger partial charge in [0.15, 0.2) is 0 Å². The summed E-state index contributed by atoms with van der Waals surface area (Å²) in [7, 11) is 0. The zero-order chi connectivity index (χ0) is 10.7. The van der Waals surface area contributed by atoms with Gasteiger partial charge in [0.2, 0.25) is 6.08 Å². The number of aliphatic imine (C=N–C) groups is 1. The molecule has 1 aromatic carbocycles. The van der Waals surface area contributed by atoms with Crippen LogP contribution in [0.4, 0.5) is 0 Å². The fraction of sp³-hybridized carbons (Fsp3) is 0.417. The van der Waals surface area contributed by atoms with E-state index >= 15 is 0 Å². The van der Waals surface area contributed by atoms with Gasteiger partial charge in [-0.15, -0.1) is 0 Å². The maximum atomic E-state index is 10.1. The van der Waals surface area contributed by atoms with Crippen molar-refractivity contribution in [2.75, 3.05) is 6.54 Å². The van der Waals surface area contributed by atoms with E-state index in [2.05, 4.69) is 33.1 Å². The third kappa shape index (κ3) is 2.19. The molecule has 2 rings (SSSR count). The summed E-state index contributed by atoms with van der Waals surface area (Å²) in [6.45, 7) is 0.576. The van der Waals surface area contributed by atoms with Gasteiger partial charge >= 0.3 is 0 Å². The van der Waals surface area contributed by atoms with Crippen LogP contribution in [0.2, 0.25) is 0 Å². The molecule has 2 nitrogen and oxygen atoms in total. The highest BCUT2D eigenvalue weighted by Crippen LogP contribution is 2.35. The van der Waals surface area contributed by atoms with E-state index < -0.39 is 0 Å². The fourth-order valence-electron chi connectivity index (χ4n) is 2.24. The number of hydrogen-bond acceptors (Lipinski definition) is 2. The number of isocyanates is 1. The Morgan fingerprint density at radius 1 is 1.53 bits per heavy atom. The molecule has 0 amide bonds. The highest BCUT2D eigenvalue weighted by Gasteiger charge is 2.21. The molecule has 1 aliphatic carbocycles. The van der Waals surface area contributed by atoms with Crippen LogP contribution in [0.3, 0.4) is 0 Å². The number of rotatable bonds is 2. The van der Waals surface area contributed by atoms with Crippen molar-refractivity contribution in [3.05, 3.63) is 33.8 Å². The van der Waals surface area contributed by atoms with Gasteiger partial charge in [0.25, 0.3) is 0 Å². The molecule has 0 fully saturated rings. The molecule has 0 aliphatic heterocycles. The molecular formula is C12H12BrNO. The molecule has 0 aromatic heterocycles. The Labute approximate surface area is 97.5 Å². The van der Waals surface area contributed by atoms with Crippen LogP contribution in [0.25, 0.3) is 0 Å². The number of carbonyl (C=O) groups excluding carboxylic acids is 1. The monoisotopic (exact) mass is 265 g/mol. The molecule has 0 saturated carbocycles. The maximum absolute atomic E-state index is 10.1. The third-order valence-electron chi connectivity index (χ3n) is 2.95. The second kappa shape index (κ2) is 4.73. The lowest BCUT2D eigenvalue weighted by Gasteiger charge is -2.24. The zero-order valence-electron chi connectivity index (χ0n) is 8.37. The van der Waals surface area contributed by atoms with Crippen molar-refractivity contribution < 1.29 is 4.79 Å². The average molecular weight is 266 g/mol. The lowest BCUT2D eigenvalue weighted by molar-refractivity contribution is 0.543. The second-order valence-electron chi connectivity index (χ2n) is 3.83. The van der Waals surface area contributed by atoms with E-state index in [0.29, 0.717) is 12.5 Å². The highest BCUT2D eigenvalue weighted by atomic mass is 79.9. The second-order valence-corrected chi connectivity index (χ2v) is 4.68. The van der Waals surface area contributed by atoms with Crippen molar-refractivity contribution in [2.45, 2.75) is 25.2 Å². The average Bonchev–Trinajstić information content (AvgIpc) is 2.27. The van der Waals surface area contributed by atoms with Crippen LogP contribution in [-0.4, -0.2) is 12.6 Å². The largest absolute Gasteiger partial charge is 0.234 e. The topological polar surface area (TPSA) is 29.4 Å². The molecule has 0 saturated heterocycles. The van der Waals surface area contributed by atoms with Gasteiger partial charge < -0.3 is 0 Å². The van der Waals surface area contributed by atoms with E-state index in [1.165, 1.54) is 22.0 Å². The SMILES string of the molecule is O=C=NCC1CCCc2c(Br)cccc21. The summed E-state index contributed by atoms with van der Waals surface area (Å²) in [5.41, 5.74) is 2.73. The highest BCUT2D eigenvalue weighted by molar-refractivity contribution is 9.10. The van der Waals surface area contributed by atoms with Crippen LogP contribution in [0, 0.1) is 0 Å². The van der Waals surface area contributed by atoms with Crippen molar-refractivity contribution in [2.24, 2.45) is 4.99 Å². The van der Waals surface area contributed by atoms with Crippen LogP contribution in [0.5, 0.6) is 0 Å². The predicted octanol–water partition coefficient (Wildman–Crippen LogP) is 3.20. The number of halogens is 1. The third-order valence-corrected chi connectivity index (χ3v) is 3.69. The minimum absolute atomic E-state index is 0.396. The molecule has 0 bridgehead atoms. The molecule has 0 heterocycles. The number of hydrogen-bond donors (Lipinski definition) is 0. The van der Waals surface area contributed by atoms with Crippen molar-refractivity contribution in [1.82, 2.24) is 0 Å². The Morgan fingerprint density at radius 3 is 3.20 bits per heavy atom. The Bertz CT molecular complexity index is 410. The lowest BCUT2D eigenvalue weighted by atomic mass is 9.83. The zero-order valence-corrected chi connectivity index (χ0v) is 9.96. The van der Waals surface area contributed by atoms with Crippen molar-refractivity contribution in [3.63, 3.8) is 0 Å². The minimum Gasteiger partial charge on any atom is -0.211 e. The fourth-order valence-corrected chi connectivity index (χ4v) is 2.82. The quantitative estimate of drug-likeness (QED) is 0.597. The summed E-state index contributed by atoms with van der Waals surface area (Å²) in [6, 6.07) is 6.26. The molecule has 1 atom stereocenters. The van der Waals surface area contributed by atoms with Crippen LogP contribution in [-0.2, 0) is 11.2 Å². The van der Waals surface area contributed by atoms with E-state index in [0.717, 1.165) is 12.8 Å². The van der Waals surface area contributed by atoms with Crippen LogP contribution < -0.4 is 0 Å². The maximum Gasteiger partial charge on any atom is 0.234 e. The summed E-state index contributed by atoms with van der Waals surface area (Å²) in [5, 5.41) is 0. The van der Waals surface area contributed by atoms with Crippen LogP contribution >= 0.6 is 15.9 Å². The minimum atomic E-state index is 0.396. The van der Waals surface area contributed by atoms with Gasteiger partial charge in [0.05, 0.1) is 6.54 Å². The number of fused-ring (bicyclic) bond motifs is 1. The first-order valence-electron chi connectivity index (χ1n) is 5.14. The first kappa shape index (κ1) is 10.6. The predicted molar refractivity (Wildman–Crippen MR) is 62.8 cm³/mol. The first-order chi connectivity index (χ1) is 7.33. The summed E-state index contributed by atoms with van der Waals surface area (Å²) in [4.78, 5) is 13.8. The summed E-state index contributed by atoms with van der Waals surface area (Å²) < 4.78 is 1.18. The molecule has 0 spiro atoms. The van der Waals surface area contributed by atoms with E-state index in [4.69, 9.17) is 0 Å². The van der Waals surface area contributed by atoms with Crippen molar-refractivity contribution >= 4 is 22.0 Å². The molecular weight excluding hydrogens is 254 g/mol. The Kier molecular flexibility index (Phi) is 3.34. The Hall–Kier alpha value is -0.920. The van der Waals surface area contributed by atoms with E-state index in [1.807, 2.05) is 6.07 Å². The molecule has 1 aromatic rings. The summed E-state index contributed by atoms with van der Waals surface area (Å²) >= 11 is 3.57. The Morgan fingerprint density at radius 2 is 2.40 bits per heavy atom. The number of benzene rings is 1. The molecule has 3 heteroatoms. The molecule has 1 unspecified atom stereocenters. The smallest absolute Gasteiger partial charge is 0.211 e.